The number of piperazine rings is 1. The maximum atomic E-state index is 13.9. The third kappa shape index (κ3) is 5.04. The summed E-state index contributed by atoms with van der Waals surface area (Å²) in [6, 6.07) is 21.0. The number of carbonyl (C=O) groups is 2. The molecular weight excluding hydrogens is 464 g/mol. The summed E-state index contributed by atoms with van der Waals surface area (Å²) >= 11 is 0. The van der Waals surface area contributed by atoms with Crippen molar-refractivity contribution in [1.29, 1.82) is 0 Å². The number of likely N-dealkylation sites (N-methyl/N-ethyl adjacent to an activating group) is 1. The van der Waals surface area contributed by atoms with Crippen LogP contribution in [0.5, 0.6) is 5.75 Å². The number of likely N-dealkylation sites (tertiary alicyclic amines) is 1. The highest BCUT2D eigenvalue weighted by Crippen LogP contribution is 2.35. The lowest BCUT2D eigenvalue weighted by molar-refractivity contribution is 0.0978. The molecule has 0 bridgehead atoms. The number of hydrogen-bond donors (Lipinski definition) is 0. The predicted octanol–water partition coefficient (Wildman–Crippen LogP) is 4.89. The van der Waals surface area contributed by atoms with Gasteiger partial charge in [-0.15, -0.1) is 0 Å². The molecule has 2 heterocycles. The number of nitrogens with zero attached hydrogens (tertiary/aromatic N) is 4. The molecule has 2 saturated heterocycles. The van der Waals surface area contributed by atoms with E-state index >= 15 is 0 Å². The minimum Gasteiger partial charge on any atom is -0.495 e. The van der Waals surface area contributed by atoms with Gasteiger partial charge in [-0.05, 0) is 67.4 Å². The minimum atomic E-state index is -0.331. The van der Waals surface area contributed by atoms with Gasteiger partial charge in [0, 0.05) is 44.8 Å². The van der Waals surface area contributed by atoms with E-state index in [1.54, 1.807) is 18.1 Å². The first-order valence-corrected chi connectivity index (χ1v) is 12.9. The predicted molar refractivity (Wildman–Crippen MR) is 148 cm³/mol. The van der Waals surface area contributed by atoms with E-state index in [1.165, 1.54) is 10.5 Å². The molecular formula is C30H34N4O3. The summed E-state index contributed by atoms with van der Waals surface area (Å²) in [6.45, 7) is 6.98. The van der Waals surface area contributed by atoms with Gasteiger partial charge in [-0.3, -0.25) is 4.79 Å². The van der Waals surface area contributed by atoms with E-state index in [1.807, 2.05) is 48.5 Å². The number of amides is 3. The van der Waals surface area contributed by atoms with Crippen LogP contribution in [0.15, 0.2) is 66.7 Å². The zero-order valence-corrected chi connectivity index (χ0v) is 21.8. The average molecular weight is 499 g/mol. The van der Waals surface area contributed by atoms with Crippen molar-refractivity contribution in [1.82, 2.24) is 9.80 Å². The van der Waals surface area contributed by atoms with E-state index in [-0.39, 0.29) is 11.9 Å². The third-order valence-electron chi connectivity index (χ3n) is 7.37. The molecule has 0 spiro atoms. The Bertz CT molecular complexity index is 1280. The molecule has 3 aromatic carbocycles. The summed E-state index contributed by atoms with van der Waals surface area (Å²) in [4.78, 5) is 35.0. The second kappa shape index (κ2) is 10.6. The summed E-state index contributed by atoms with van der Waals surface area (Å²) in [6.07, 6.45) is 0.952. The van der Waals surface area contributed by atoms with Crippen molar-refractivity contribution in [3.05, 3.63) is 77.9 Å². The lowest BCUT2D eigenvalue weighted by atomic mass is 9.99. The Hall–Kier alpha value is -3.84. The van der Waals surface area contributed by atoms with Gasteiger partial charge in [-0.2, -0.15) is 0 Å². The monoisotopic (exact) mass is 498 g/mol. The molecule has 3 amide bonds. The van der Waals surface area contributed by atoms with Gasteiger partial charge in [-0.25, -0.2) is 9.69 Å². The maximum absolute atomic E-state index is 13.9. The summed E-state index contributed by atoms with van der Waals surface area (Å²) in [5.41, 5.74) is 5.27. The third-order valence-corrected chi connectivity index (χ3v) is 7.37. The van der Waals surface area contributed by atoms with Crippen LogP contribution < -0.4 is 14.5 Å². The van der Waals surface area contributed by atoms with E-state index in [4.69, 9.17) is 4.74 Å². The van der Waals surface area contributed by atoms with Crippen molar-refractivity contribution in [3.8, 4) is 16.9 Å². The number of urea groups is 1. The van der Waals surface area contributed by atoms with Crippen LogP contribution in [0.2, 0.25) is 0 Å². The molecule has 192 valence electrons. The zero-order chi connectivity index (χ0) is 25.9. The van der Waals surface area contributed by atoms with E-state index < -0.39 is 0 Å². The molecule has 0 aromatic heterocycles. The van der Waals surface area contributed by atoms with Crippen LogP contribution in [-0.4, -0.2) is 75.2 Å². The minimum absolute atomic E-state index is 0.284. The summed E-state index contributed by atoms with van der Waals surface area (Å²) < 4.78 is 5.66. The van der Waals surface area contributed by atoms with E-state index in [0.29, 0.717) is 24.3 Å². The molecule has 0 unspecified atom stereocenters. The molecule has 0 N–H and O–H groups in total. The molecule has 0 aliphatic carbocycles. The molecule has 2 aliphatic heterocycles. The number of ether oxygens (including phenoxy) is 1. The van der Waals surface area contributed by atoms with Crippen molar-refractivity contribution >= 4 is 23.3 Å². The first kappa shape index (κ1) is 24.8. The number of methoxy groups -OCH3 is 1. The van der Waals surface area contributed by atoms with Gasteiger partial charge in [0.25, 0.3) is 5.91 Å². The molecule has 2 aliphatic rings. The number of rotatable bonds is 5. The van der Waals surface area contributed by atoms with E-state index in [2.05, 4.69) is 35.9 Å². The Labute approximate surface area is 218 Å². The second-order valence-corrected chi connectivity index (χ2v) is 9.80. The normalized spacial score (nSPS) is 15.8. The lowest BCUT2D eigenvalue weighted by Gasteiger charge is -2.37. The van der Waals surface area contributed by atoms with Crippen molar-refractivity contribution in [3.63, 3.8) is 0 Å². The number of anilines is 2. The molecule has 0 radical (unpaired) electrons. The Balaban J connectivity index is 1.49. The van der Waals surface area contributed by atoms with Gasteiger partial charge in [0.05, 0.1) is 18.5 Å². The van der Waals surface area contributed by atoms with Gasteiger partial charge < -0.3 is 19.4 Å². The van der Waals surface area contributed by atoms with E-state index in [0.717, 1.165) is 55.2 Å². The van der Waals surface area contributed by atoms with Gasteiger partial charge >= 0.3 is 6.03 Å². The highest BCUT2D eigenvalue weighted by atomic mass is 16.5. The molecule has 5 rings (SSSR count). The summed E-state index contributed by atoms with van der Waals surface area (Å²) in [7, 11) is 3.76. The van der Waals surface area contributed by atoms with Gasteiger partial charge in [-0.1, -0.05) is 36.4 Å². The molecule has 0 atom stereocenters. The molecule has 7 nitrogen and oxygen atoms in total. The quantitative estimate of drug-likeness (QED) is 0.501. The highest BCUT2D eigenvalue weighted by molar-refractivity contribution is 6.21. The molecule has 37 heavy (non-hydrogen) atoms. The second-order valence-electron chi connectivity index (χ2n) is 9.80. The lowest BCUT2D eigenvalue weighted by Crippen LogP contribution is -2.52. The fourth-order valence-electron chi connectivity index (χ4n) is 4.89. The number of hydrogen-bond acceptors (Lipinski definition) is 5. The Morgan fingerprint density at radius 2 is 1.57 bits per heavy atom. The fraction of sp³-hybridized carbons (Fsp3) is 0.333. The van der Waals surface area contributed by atoms with Crippen molar-refractivity contribution < 1.29 is 14.3 Å². The van der Waals surface area contributed by atoms with Crippen molar-refractivity contribution in [2.45, 2.75) is 13.3 Å². The van der Waals surface area contributed by atoms with Gasteiger partial charge in [0.1, 0.15) is 5.75 Å². The molecule has 2 fully saturated rings. The molecule has 3 aromatic rings. The highest BCUT2D eigenvalue weighted by Gasteiger charge is 2.33. The Morgan fingerprint density at radius 3 is 2.19 bits per heavy atom. The van der Waals surface area contributed by atoms with Gasteiger partial charge in [0.2, 0.25) is 0 Å². The Morgan fingerprint density at radius 1 is 0.865 bits per heavy atom. The largest absolute Gasteiger partial charge is 0.495 e. The van der Waals surface area contributed by atoms with E-state index in [9.17, 15) is 9.59 Å². The maximum Gasteiger partial charge on any atom is 0.331 e. The van der Waals surface area contributed by atoms with Crippen molar-refractivity contribution in [2.75, 3.05) is 63.2 Å². The first-order valence-electron chi connectivity index (χ1n) is 12.9. The topological polar surface area (TPSA) is 56.3 Å². The SMILES string of the molecule is COc1ccc(N(C(=O)c2ccc(-c3ccccc3C)cc2)C(=O)N2CCC2)cc1N1CCN(C)CC1. The van der Waals surface area contributed by atoms with Crippen LogP contribution in [0.25, 0.3) is 11.1 Å². The van der Waals surface area contributed by atoms with Gasteiger partial charge in [0.15, 0.2) is 0 Å². The van der Waals surface area contributed by atoms with Crippen LogP contribution >= 0.6 is 0 Å². The van der Waals surface area contributed by atoms with Crippen LogP contribution in [0.3, 0.4) is 0 Å². The molecule has 0 saturated carbocycles. The summed E-state index contributed by atoms with van der Waals surface area (Å²) in [5.74, 6) is 0.405. The number of carbonyl (C=O) groups excluding carboxylic acids is 2. The van der Waals surface area contributed by atoms with Crippen LogP contribution in [-0.2, 0) is 0 Å². The first-order chi connectivity index (χ1) is 18.0. The fourth-order valence-corrected chi connectivity index (χ4v) is 4.89. The number of imide groups is 1. The zero-order valence-electron chi connectivity index (χ0n) is 21.8. The Kier molecular flexibility index (Phi) is 7.15. The number of benzene rings is 3. The van der Waals surface area contributed by atoms with Crippen molar-refractivity contribution in [2.24, 2.45) is 0 Å². The molecule has 7 heteroatoms. The standard InChI is InChI=1S/C30H34N4O3/c1-22-7-4-5-8-26(22)23-9-11-24(12-10-23)29(35)34(30(36)33-15-6-16-33)25-13-14-28(37-3)27(21-25)32-19-17-31(2)18-20-32/h4-5,7-14,21H,6,15-20H2,1-3H3. The van der Waals surface area contributed by atoms with Crippen LogP contribution in [0, 0.1) is 6.92 Å². The number of aryl methyl sites for hydroxylation is 1. The smallest absolute Gasteiger partial charge is 0.331 e. The summed E-state index contributed by atoms with van der Waals surface area (Å²) in [5, 5.41) is 0. The van der Waals surface area contributed by atoms with Crippen LogP contribution in [0.1, 0.15) is 22.3 Å². The average Bonchev–Trinajstić information content (AvgIpc) is 2.88. The van der Waals surface area contributed by atoms with Crippen LogP contribution in [0.4, 0.5) is 16.2 Å².